The van der Waals surface area contributed by atoms with Gasteiger partial charge in [0.05, 0.1) is 0 Å². The van der Waals surface area contributed by atoms with Crippen LogP contribution in [0.3, 0.4) is 0 Å². The zero-order valence-electron chi connectivity index (χ0n) is 14.9. The number of aromatic nitrogens is 2. The van der Waals surface area contributed by atoms with E-state index in [1.165, 1.54) is 0 Å². The predicted octanol–water partition coefficient (Wildman–Crippen LogP) is 1.77. The van der Waals surface area contributed by atoms with Gasteiger partial charge in [-0.15, -0.1) is 10.2 Å². The van der Waals surface area contributed by atoms with Crippen LogP contribution >= 0.6 is 11.3 Å². The van der Waals surface area contributed by atoms with E-state index in [4.69, 9.17) is 0 Å². The number of carbonyl (C=O) groups is 1. The van der Waals surface area contributed by atoms with Crippen LogP contribution in [-0.2, 0) is 4.79 Å². The van der Waals surface area contributed by atoms with Crippen LogP contribution in [0.15, 0.2) is 0 Å². The molecule has 1 aliphatic rings. The molecule has 0 spiro atoms. The van der Waals surface area contributed by atoms with Gasteiger partial charge in [-0.2, -0.15) is 0 Å². The number of amides is 1. The van der Waals surface area contributed by atoms with E-state index in [9.17, 15) is 4.79 Å². The zero-order valence-corrected chi connectivity index (χ0v) is 15.7. The van der Waals surface area contributed by atoms with Gasteiger partial charge in [0, 0.05) is 32.1 Å². The smallest absolute Gasteiger partial charge is 0.223 e. The van der Waals surface area contributed by atoms with E-state index < -0.39 is 0 Å². The van der Waals surface area contributed by atoms with E-state index in [1.54, 1.807) is 11.3 Å². The van der Waals surface area contributed by atoms with Crippen molar-refractivity contribution in [2.75, 3.05) is 45.2 Å². The van der Waals surface area contributed by atoms with Crippen LogP contribution in [0.25, 0.3) is 0 Å². The van der Waals surface area contributed by atoms with Gasteiger partial charge in [-0.1, -0.05) is 25.2 Å². The summed E-state index contributed by atoms with van der Waals surface area (Å²) in [5.74, 6) is 0.320. The third-order valence-electron chi connectivity index (χ3n) is 4.14. The highest BCUT2D eigenvalue weighted by molar-refractivity contribution is 7.15. The maximum absolute atomic E-state index is 12.4. The van der Waals surface area contributed by atoms with Crippen LogP contribution in [-0.4, -0.2) is 61.3 Å². The Labute approximate surface area is 143 Å². The fraction of sp³-hybridized carbons (Fsp3) is 0.812. The fourth-order valence-corrected chi connectivity index (χ4v) is 3.87. The lowest BCUT2D eigenvalue weighted by Crippen LogP contribution is -2.45. The van der Waals surface area contributed by atoms with Crippen molar-refractivity contribution in [3.63, 3.8) is 0 Å². The van der Waals surface area contributed by atoms with Crippen LogP contribution in [0.2, 0.25) is 0 Å². The molecule has 0 saturated carbocycles. The summed E-state index contributed by atoms with van der Waals surface area (Å²) in [5, 5.41) is 13.4. The molecule has 2 rings (SSSR count). The van der Waals surface area contributed by atoms with Gasteiger partial charge in [0.15, 0.2) is 0 Å². The van der Waals surface area contributed by atoms with E-state index in [2.05, 4.69) is 53.3 Å². The summed E-state index contributed by atoms with van der Waals surface area (Å²) in [6.45, 7) is 9.79. The first-order valence-corrected chi connectivity index (χ1v) is 9.06. The molecule has 0 bridgehead atoms. The SMILES string of the molecule is Cc1nnc(N2CCC(C(=O)NCC(C)(C)CN(C)C)CC2)s1. The van der Waals surface area contributed by atoms with E-state index in [0.29, 0.717) is 0 Å². The summed E-state index contributed by atoms with van der Waals surface area (Å²) in [6, 6.07) is 0. The van der Waals surface area contributed by atoms with Gasteiger partial charge in [-0.25, -0.2) is 0 Å². The molecule has 1 amide bonds. The lowest BCUT2D eigenvalue weighted by Gasteiger charge is -2.32. The molecule has 2 heterocycles. The van der Waals surface area contributed by atoms with E-state index in [0.717, 1.165) is 49.2 Å². The highest BCUT2D eigenvalue weighted by atomic mass is 32.1. The summed E-state index contributed by atoms with van der Waals surface area (Å²) in [6.07, 6.45) is 1.77. The second-order valence-corrected chi connectivity index (χ2v) is 8.64. The number of rotatable bonds is 6. The molecular weight excluding hydrogens is 310 g/mol. The first-order valence-electron chi connectivity index (χ1n) is 8.24. The van der Waals surface area contributed by atoms with Crippen molar-refractivity contribution in [3.05, 3.63) is 5.01 Å². The van der Waals surface area contributed by atoms with Crippen molar-refractivity contribution < 1.29 is 4.79 Å². The molecule has 1 N–H and O–H groups in total. The number of piperidine rings is 1. The standard InChI is InChI=1S/C16H29N5OS/c1-12-18-19-15(23-12)21-8-6-13(7-9-21)14(22)17-10-16(2,3)11-20(4)5/h13H,6-11H2,1-5H3,(H,17,22). The first kappa shape index (κ1) is 18.1. The molecule has 0 radical (unpaired) electrons. The first-order chi connectivity index (χ1) is 10.8. The maximum atomic E-state index is 12.4. The summed E-state index contributed by atoms with van der Waals surface area (Å²) in [4.78, 5) is 16.8. The summed E-state index contributed by atoms with van der Waals surface area (Å²) < 4.78 is 0. The van der Waals surface area contributed by atoms with Gasteiger partial charge in [0.1, 0.15) is 5.01 Å². The van der Waals surface area contributed by atoms with Crippen molar-refractivity contribution in [2.24, 2.45) is 11.3 Å². The molecule has 1 fully saturated rings. The number of nitrogens with zero attached hydrogens (tertiary/aromatic N) is 4. The van der Waals surface area contributed by atoms with Crippen LogP contribution in [0.1, 0.15) is 31.7 Å². The number of hydrogen-bond donors (Lipinski definition) is 1. The average molecular weight is 340 g/mol. The Hall–Kier alpha value is -1.21. The molecule has 0 unspecified atom stereocenters. The molecule has 1 aliphatic heterocycles. The fourth-order valence-electron chi connectivity index (χ4n) is 3.13. The molecule has 1 aromatic heterocycles. The van der Waals surface area contributed by atoms with Crippen LogP contribution in [0, 0.1) is 18.3 Å². The Morgan fingerprint density at radius 1 is 1.35 bits per heavy atom. The van der Waals surface area contributed by atoms with Crippen LogP contribution in [0.4, 0.5) is 5.13 Å². The van der Waals surface area contributed by atoms with Gasteiger partial charge in [-0.3, -0.25) is 4.79 Å². The topological polar surface area (TPSA) is 61.4 Å². The zero-order chi connectivity index (χ0) is 17.0. The molecule has 130 valence electrons. The van der Waals surface area contributed by atoms with Crippen molar-refractivity contribution in [1.29, 1.82) is 0 Å². The lowest BCUT2D eigenvalue weighted by atomic mass is 9.91. The molecule has 6 nitrogen and oxygen atoms in total. The Balaban J connectivity index is 1.77. The van der Waals surface area contributed by atoms with Crippen LogP contribution < -0.4 is 10.2 Å². The van der Waals surface area contributed by atoms with Crippen molar-refractivity contribution in [1.82, 2.24) is 20.4 Å². The van der Waals surface area contributed by atoms with E-state index in [-0.39, 0.29) is 17.2 Å². The van der Waals surface area contributed by atoms with Gasteiger partial charge in [0.2, 0.25) is 11.0 Å². The average Bonchev–Trinajstić information content (AvgIpc) is 2.90. The number of nitrogens with one attached hydrogen (secondary N) is 1. The minimum atomic E-state index is 0.0872. The quantitative estimate of drug-likeness (QED) is 0.856. The maximum Gasteiger partial charge on any atom is 0.223 e. The summed E-state index contributed by atoms with van der Waals surface area (Å²) >= 11 is 1.62. The van der Waals surface area contributed by atoms with E-state index >= 15 is 0 Å². The van der Waals surface area contributed by atoms with Gasteiger partial charge in [-0.05, 0) is 39.3 Å². The minimum absolute atomic E-state index is 0.0872. The Morgan fingerprint density at radius 3 is 2.52 bits per heavy atom. The van der Waals surface area contributed by atoms with Crippen LogP contribution in [0.5, 0.6) is 0 Å². The minimum Gasteiger partial charge on any atom is -0.355 e. The molecule has 0 aliphatic carbocycles. The Kier molecular flexibility index (Phi) is 5.97. The Morgan fingerprint density at radius 2 is 2.00 bits per heavy atom. The number of hydrogen-bond acceptors (Lipinski definition) is 6. The normalized spacial score (nSPS) is 16.9. The van der Waals surface area contributed by atoms with Gasteiger partial charge < -0.3 is 15.1 Å². The number of anilines is 1. The predicted molar refractivity (Wildman–Crippen MR) is 94.9 cm³/mol. The van der Waals surface area contributed by atoms with E-state index in [1.807, 2.05) is 6.92 Å². The lowest BCUT2D eigenvalue weighted by molar-refractivity contribution is -0.126. The van der Waals surface area contributed by atoms with Gasteiger partial charge in [0.25, 0.3) is 0 Å². The van der Waals surface area contributed by atoms with Crippen molar-refractivity contribution in [3.8, 4) is 0 Å². The molecule has 1 aromatic rings. The van der Waals surface area contributed by atoms with Crippen molar-refractivity contribution in [2.45, 2.75) is 33.6 Å². The molecule has 7 heteroatoms. The summed E-state index contributed by atoms with van der Waals surface area (Å²) in [7, 11) is 4.13. The Bertz CT molecular complexity index is 520. The molecule has 0 aromatic carbocycles. The third kappa shape index (κ3) is 5.42. The number of aryl methyl sites for hydroxylation is 1. The number of carbonyl (C=O) groups excluding carboxylic acids is 1. The largest absolute Gasteiger partial charge is 0.355 e. The molecule has 23 heavy (non-hydrogen) atoms. The highest BCUT2D eigenvalue weighted by Gasteiger charge is 2.28. The highest BCUT2D eigenvalue weighted by Crippen LogP contribution is 2.26. The monoisotopic (exact) mass is 339 g/mol. The second-order valence-electron chi connectivity index (χ2n) is 7.48. The van der Waals surface area contributed by atoms with Crippen molar-refractivity contribution >= 4 is 22.4 Å². The second kappa shape index (κ2) is 7.57. The summed E-state index contributed by atoms with van der Waals surface area (Å²) in [5.41, 5.74) is 0.0872. The molecule has 1 saturated heterocycles. The third-order valence-corrected chi connectivity index (χ3v) is 5.04. The molecular formula is C16H29N5OS. The van der Waals surface area contributed by atoms with Gasteiger partial charge >= 0.3 is 0 Å². The molecule has 0 atom stereocenters.